The molecule has 0 radical (unpaired) electrons. The van der Waals surface area contributed by atoms with Gasteiger partial charge in [0, 0.05) is 19.2 Å². The fourth-order valence-electron chi connectivity index (χ4n) is 4.71. The molecule has 1 heterocycles. The Morgan fingerprint density at radius 2 is 1.96 bits per heavy atom. The van der Waals surface area contributed by atoms with Gasteiger partial charge in [-0.1, -0.05) is 6.42 Å². The molecule has 2 saturated carbocycles. The first-order chi connectivity index (χ1) is 11.5. The number of nitrogens with zero attached hydrogens (tertiary/aromatic N) is 1. The van der Waals surface area contributed by atoms with Gasteiger partial charge in [-0.25, -0.2) is 0 Å². The van der Waals surface area contributed by atoms with Crippen LogP contribution in [0.4, 0.5) is 0 Å². The molecule has 1 aromatic rings. The van der Waals surface area contributed by atoms with Crippen LogP contribution >= 0.6 is 0 Å². The third kappa shape index (κ3) is 2.43. The molecule has 2 bridgehead atoms. The van der Waals surface area contributed by atoms with Crippen molar-refractivity contribution in [3.05, 3.63) is 34.9 Å². The van der Waals surface area contributed by atoms with Crippen LogP contribution in [0.3, 0.4) is 0 Å². The Labute approximate surface area is 141 Å². The van der Waals surface area contributed by atoms with Gasteiger partial charge in [0.15, 0.2) is 0 Å². The van der Waals surface area contributed by atoms with Gasteiger partial charge in [0.1, 0.15) is 0 Å². The van der Waals surface area contributed by atoms with Gasteiger partial charge in [0.25, 0.3) is 17.7 Å². The third-order valence-corrected chi connectivity index (χ3v) is 6.04. The number of carbonyl (C=O) groups is 3. The molecular formula is C19H22N2O3. The zero-order chi connectivity index (χ0) is 16.8. The van der Waals surface area contributed by atoms with E-state index in [1.807, 2.05) is 0 Å². The van der Waals surface area contributed by atoms with E-state index in [9.17, 15) is 14.4 Å². The van der Waals surface area contributed by atoms with Gasteiger partial charge >= 0.3 is 0 Å². The van der Waals surface area contributed by atoms with E-state index in [0.717, 1.165) is 29.1 Å². The molecule has 24 heavy (non-hydrogen) atoms. The number of nitrogens with one attached hydrogen (secondary N) is 1. The lowest BCUT2D eigenvalue weighted by atomic mass is 9.86. The minimum Gasteiger partial charge on any atom is -0.352 e. The molecule has 1 aromatic carbocycles. The van der Waals surface area contributed by atoms with Crippen molar-refractivity contribution in [2.45, 2.75) is 32.1 Å². The molecule has 126 valence electrons. The van der Waals surface area contributed by atoms with Crippen LogP contribution in [-0.4, -0.2) is 36.2 Å². The molecule has 0 unspecified atom stereocenters. The van der Waals surface area contributed by atoms with E-state index >= 15 is 0 Å². The monoisotopic (exact) mass is 326 g/mol. The largest absolute Gasteiger partial charge is 0.352 e. The third-order valence-electron chi connectivity index (χ3n) is 6.04. The fraction of sp³-hybridized carbons (Fsp3) is 0.526. The van der Waals surface area contributed by atoms with E-state index in [2.05, 4.69) is 5.32 Å². The molecule has 0 spiro atoms. The summed E-state index contributed by atoms with van der Waals surface area (Å²) in [6.45, 7) is 0.677. The standard InChI is InChI=1S/C19H22N2O3/c1-21-18(23)15-5-4-14(10-16(15)19(21)24)17(22)20-7-6-13-9-11-2-3-12(13)8-11/h4-5,10-13H,2-3,6-9H2,1H3,(H,20,22)/t11-,12-,13-/m0/s1. The predicted molar refractivity (Wildman–Crippen MR) is 88.8 cm³/mol. The van der Waals surface area contributed by atoms with Crippen molar-refractivity contribution in [3.8, 4) is 0 Å². The lowest BCUT2D eigenvalue weighted by Crippen LogP contribution is -2.27. The molecule has 2 aliphatic carbocycles. The van der Waals surface area contributed by atoms with Gasteiger partial charge in [-0.3, -0.25) is 19.3 Å². The summed E-state index contributed by atoms with van der Waals surface area (Å²) >= 11 is 0. The van der Waals surface area contributed by atoms with E-state index in [1.54, 1.807) is 12.1 Å². The van der Waals surface area contributed by atoms with Crippen LogP contribution in [0.25, 0.3) is 0 Å². The van der Waals surface area contributed by atoms with Crippen molar-refractivity contribution < 1.29 is 14.4 Å². The first-order valence-corrected chi connectivity index (χ1v) is 8.79. The maximum atomic E-state index is 12.3. The quantitative estimate of drug-likeness (QED) is 0.864. The van der Waals surface area contributed by atoms with Crippen molar-refractivity contribution in [3.63, 3.8) is 0 Å². The topological polar surface area (TPSA) is 66.5 Å². The summed E-state index contributed by atoms with van der Waals surface area (Å²) in [6.07, 6.45) is 6.50. The molecule has 1 N–H and O–H groups in total. The fourth-order valence-corrected chi connectivity index (χ4v) is 4.71. The van der Waals surface area contributed by atoms with Crippen LogP contribution in [0.2, 0.25) is 0 Å². The van der Waals surface area contributed by atoms with Gasteiger partial charge < -0.3 is 5.32 Å². The average Bonchev–Trinajstić information content (AvgIpc) is 3.26. The Morgan fingerprint density at radius 3 is 2.67 bits per heavy atom. The summed E-state index contributed by atoms with van der Waals surface area (Å²) < 4.78 is 0. The zero-order valence-corrected chi connectivity index (χ0v) is 13.9. The number of imide groups is 1. The van der Waals surface area contributed by atoms with Gasteiger partial charge in [-0.2, -0.15) is 0 Å². The van der Waals surface area contributed by atoms with Crippen molar-refractivity contribution in [2.24, 2.45) is 17.8 Å². The lowest BCUT2D eigenvalue weighted by Gasteiger charge is -2.21. The first kappa shape index (κ1) is 15.4. The van der Waals surface area contributed by atoms with Crippen LogP contribution in [0, 0.1) is 17.8 Å². The van der Waals surface area contributed by atoms with Gasteiger partial charge in [0.2, 0.25) is 0 Å². The molecule has 3 atom stereocenters. The second-order valence-corrected chi connectivity index (χ2v) is 7.41. The molecule has 2 fully saturated rings. The Morgan fingerprint density at radius 1 is 1.17 bits per heavy atom. The molecule has 4 rings (SSSR count). The normalized spacial score (nSPS) is 27.7. The summed E-state index contributed by atoms with van der Waals surface area (Å²) in [5.74, 6) is 1.73. The van der Waals surface area contributed by atoms with Crippen LogP contribution < -0.4 is 5.32 Å². The maximum absolute atomic E-state index is 12.3. The highest BCUT2D eigenvalue weighted by Crippen LogP contribution is 2.49. The molecule has 1 aliphatic heterocycles. The molecule has 5 heteroatoms. The summed E-state index contributed by atoms with van der Waals surface area (Å²) in [5, 5.41) is 2.96. The average molecular weight is 326 g/mol. The van der Waals surface area contributed by atoms with Gasteiger partial charge in [0.05, 0.1) is 11.1 Å². The molecule has 5 nitrogen and oxygen atoms in total. The second-order valence-electron chi connectivity index (χ2n) is 7.41. The lowest BCUT2D eigenvalue weighted by molar-refractivity contribution is 0.0693. The smallest absolute Gasteiger partial charge is 0.261 e. The molecule has 3 amide bonds. The first-order valence-electron chi connectivity index (χ1n) is 8.79. The van der Waals surface area contributed by atoms with Crippen LogP contribution in [0.15, 0.2) is 18.2 Å². The summed E-state index contributed by atoms with van der Waals surface area (Å²) in [4.78, 5) is 37.3. The minimum atomic E-state index is -0.341. The summed E-state index contributed by atoms with van der Waals surface area (Å²) in [6, 6.07) is 4.73. The Hall–Kier alpha value is -2.17. The minimum absolute atomic E-state index is 0.171. The van der Waals surface area contributed by atoms with E-state index in [-0.39, 0.29) is 17.7 Å². The van der Waals surface area contributed by atoms with E-state index in [1.165, 1.54) is 38.8 Å². The number of hydrogen-bond acceptors (Lipinski definition) is 3. The van der Waals surface area contributed by atoms with Crippen LogP contribution in [0.5, 0.6) is 0 Å². The van der Waals surface area contributed by atoms with Crippen molar-refractivity contribution >= 4 is 17.7 Å². The molecular weight excluding hydrogens is 304 g/mol. The summed E-state index contributed by atoms with van der Waals surface area (Å²) in [5.41, 5.74) is 1.14. The van der Waals surface area contributed by atoms with Gasteiger partial charge in [-0.15, -0.1) is 0 Å². The number of amides is 3. The summed E-state index contributed by atoms with van der Waals surface area (Å²) in [7, 11) is 1.46. The highest BCUT2D eigenvalue weighted by Gasteiger charge is 2.39. The number of fused-ring (bicyclic) bond motifs is 3. The van der Waals surface area contributed by atoms with E-state index in [4.69, 9.17) is 0 Å². The Balaban J connectivity index is 1.37. The Bertz CT molecular complexity index is 727. The highest BCUT2D eigenvalue weighted by molar-refractivity contribution is 6.21. The van der Waals surface area contributed by atoms with Crippen molar-refractivity contribution in [2.75, 3.05) is 13.6 Å². The van der Waals surface area contributed by atoms with Crippen molar-refractivity contribution in [1.82, 2.24) is 10.2 Å². The number of rotatable bonds is 4. The SMILES string of the molecule is CN1C(=O)c2ccc(C(=O)NCC[C@H]3C[C@H]4CC[C@H]3C4)cc2C1=O. The molecule has 0 aromatic heterocycles. The van der Waals surface area contributed by atoms with Crippen molar-refractivity contribution in [1.29, 1.82) is 0 Å². The highest BCUT2D eigenvalue weighted by atomic mass is 16.2. The number of carbonyl (C=O) groups excluding carboxylic acids is 3. The molecule has 0 saturated heterocycles. The van der Waals surface area contributed by atoms with E-state index < -0.39 is 0 Å². The number of hydrogen-bond donors (Lipinski definition) is 1. The maximum Gasteiger partial charge on any atom is 0.261 e. The van der Waals surface area contributed by atoms with Crippen LogP contribution in [-0.2, 0) is 0 Å². The van der Waals surface area contributed by atoms with Gasteiger partial charge in [-0.05, 0) is 61.6 Å². The zero-order valence-electron chi connectivity index (χ0n) is 13.9. The second kappa shape index (κ2) is 5.72. The number of benzene rings is 1. The Kier molecular flexibility index (Phi) is 3.66. The van der Waals surface area contributed by atoms with E-state index in [0.29, 0.717) is 23.2 Å². The molecule has 3 aliphatic rings. The predicted octanol–water partition coefficient (Wildman–Crippen LogP) is 2.47. The van der Waals surface area contributed by atoms with Crippen LogP contribution in [0.1, 0.15) is 63.2 Å².